The molecule has 0 amide bonds. The van der Waals surface area contributed by atoms with Gasteiger partial charge in [0.2, 0.25) is 0 Å². The summed E-state index contributed by atoms with van der Waals surface area (Å²) in [5.74, 6) is -0.627. The van der Waals surface area contributed by atoms with E-state index < -0.39 is 29.1 Å². The van der Waals surface area contributed by atoms with Crippen LogP contribution in [0.15, 0.2) is 39.6 Å². The first-order valence-corrected chi connectivity index (χ1v) is 10.2. The molecular formula is C20H19Cl2F3N2O6. The van der Waals surface area contributed by atoms with Gasteiger partial charge in [-0.3, -0.25) is 9.36 Å². The van der Waals surface area contributed by atoms with Crippen LogP contribution in [0.25, 0.3) is 5.69 Å². The zero-order chi connectivity index (χ0) is 24.9. The number of alkyl halides is 3. The standard InChI is InChI=1S/C20H19Cl2F3N2O6/c1-4-31-11(6-18(29)32-5-2)10-33-15-8-14(12(21)7-13(15)22)27-17(28)9-16(20(23,24)25)26(3)19(27)30/h6-9H,4-5,10H2,1-3H3. The highest BCUT2D eigenvalue weighted by molar-refractivity contribution is 6.36. The van der Waals surface area contributed by atoms with Crippen LogP contribution in [0.5, 0.6) is 5.75 Å². The van der Waals surface area contributed by atoms with E-state index in [0.29, 0.717) is 4.57 Å². The van der Waals surface area contributed by atoms with Gasteiger partial charge in [0.25, 0.3) is 5.56 Å². The van der Waals surface area contributed by atoms with E-state index in [1.54, 1.807) is 13.8 Å². The number of nitrogens with zero attached hydrogens (tertiary/aromatic N) is 2. The van der Waals surface area contributed by atoms with Crippen molar-refractivity contribution in [2.45, 2.75) is 20.0 Å². The largest absolute Gasteiger partial charge is 0.494 e. The Kier molecular flexibility index (Phi) is 8.62. The van der Waals surface area contributed by atoms with Crippen LogP contribution in [-0.2, 0) is 27.5 Å². The van der Waals surface area contributed by atoms with E-state index in [2.05, 4.69) is 0 Å². The Morgan fingerprint density at radius 2 is 1.70 bits per heavy atom. The van der Waals surface area contributed by atoms with E-state index in [9.17, 15) is 27.6 Å². The normalized spacial score (nSPS) is 11.9. The summed E-state index contributed by atoms with van der Waals surface area (Å²) in [6, 6.07) is 2.56. The van der Waals surface area contributed by atoms with Crippen molar-refractivity contribution in [2.75, 3.05) is 19.8 Å². The minimum atomic E-state index is -4.91. The summed E-state index contributed by atoms with van der Waals surface area (Å²) >= 11 is 12.2. The Morgan fingerprint density at radius 3 is 2.27 bits per heavy atom. The first kappa shape index (κ1) is 26.3. The van der Waals surface area contributed by atoms with E-state index >= 15 is 0 Å². The number of hydrogen-bond donors (Lipinski definition) is 0. The summed E-state index contributed by atoms with van der Waals surface area (Å²) in [7, 11) is 0.872. The van der Waals surface area contributed by atoms with E-state index in [4.69, 9.17) is 37.4 Å². The highest BCUT2D eigenvalue weighted by Crippen LogP contribution is 2.33. The third-order valence-corrected chi connectivity index (χ3v) is 4.72. The summed E-state index contributed by atoms with van der Waals surface area (Å²) in [5, 5.41) is -0.203. The molecular weight excluding hydrogens is 492 g/mol. The van der Waals surface area contributed by atoms with Crippen LogP contribution in [-0.4, -0.2) is 34.9 Å². The molecule has 0 aliphatic heterocycles. The molecule has 1 aromatic heterocycles. The SMILES string of the molecule is CCOC(=O)C=C(COc1cc(-n2c(=O)cc(C(F)(F)F)n(C)c2=O)c(Cl)cc1Cl)OCC. The Hall–Kier alpha value is -2.92. The van der Waals surface area contributed by atoms with Crippen LogP contribution in [0.4, 0.5) is 13.2 Å². The fourth-order valence-electron chi connectivity index (χ4n) is 2.69. The molecule has 0 bridgehead atoms. The molecule has 0 unspecified atom stereocenters. The van der Waals surface area contributed by atoms with Crippen molar-refractivity contribution in [3.8, 4) is 11.4 Å². The minimum Gasteiger partial charge on any atom is -0.494 e. The molecule has 0 N–H and O–H groups in total. The maximum Gasteiger partial charge on any atom is 0.431 e. The molecule has 0 aliphatic carbocycles. The molecule has 33 heavy (non-hydrogen) atoms. The smallest absolute Gasteiger partial charge is 0.431 e. The van der Waals surface area contributed by atoms with Gasteiger partial charge in [-0.1, -0.05) is 23.2 Å². The second kappa shape index (κ2) is 10.8. The average Bonchev–Trinajstić information content (AvgIpc) is 2.70. The zero-order valence-electron chi connectivity index (χ0n) is 17.7. The lowest BCUT2D eigenvalue weighted by Gasteiger charge is -2.16. The van der Waals surface area contributed by atoms with Crippen molar-refractivity contribution in [3.63, 3.8) is 0 Å². The monoisotopic (exact) mass is 510 g/mol. The molecule has 0 saturated carbocycles. The Balaban J connectivity index is 2.50. The summed E-state index contributed by atoms with van der Waals surface area (Å²) in [6.45, 7) is 3.39. The molecule has 1 aromatic carbocycles. The molecule has 0 saturated heterocycles. The molecule has 2 aromatic rings. The van der Waals surface area contributed by atoms with Crippen molar-refractivity contribution in [2.24, 2.45) is 7.05 Å². The van der Waals surface area contributed by atoms with Crippen molar-refractivity contribution >= 4 is 29.2 Å². The first-order valence-electron chi connectivity index (χ1n) is 9.43. The lowest BCUT2D eigenvalue weighted by atomic mass is 10.2. The molecule has 13 heteroatoms. The second-order valence-electron chi connectivity index (χ2n) is 6.36. The molecule has 180 valence electrons. The van der Waals surface area contributed by atoms with E-state index in [1.165, 1.54) is 0 Å². The molecule has 0 atom stereocenters. The quantitative estimate of drug-likeness (QED) is 0.305. The summed E-state index contributed by atoms with van der Waals surface area (Å²) < 4.78 is 55.7. The van der Waals surface area contributed by atoms with Gasteiger partial charge in [-0.25, -0.2) is 14.2 Å². The van der Waals surface area contributed by atoms with Crippen molar-refractivity contribution in [1.29, 1.82) is 0 Å². The number of aromatic nitrogens is 2. The molecule has 0 radical (unpaired) electrons. The van der Waals surface area contributed by atoms with Crippen LogP contribution < -0.4 is 16.0 Å². The highest BCUT2D eigenvalue weighted by Gasteiger charge is 2.35. The Morgan fingerprint density at radius 1 is 1.06 bits per heavy atom. The lowest BCUT2D eigenvalue weighted by molar-refractivity contribution is -0.144. The number of ether oxygens (including phenoxy) is 3. The zero-order valence-corrected chi connectivity index (χ0v) is 19.2. The predicted molar refractivity (Wildman–Crippen MR) is 114 cm³/mol. The summed E-state index contributed by atoms with van der Waals surface area (Å²) in [4.78, 5) is 36.6. The van der Waals surface area contributed by atoms with Gasteiger partial charge in [0, 0.05) is 19.2 Å². The number of carbonyl (C=O) groups excluding carboxylic acids is 1. The van der Waals surface area contributed by atoms with Crippen LogP contribution in [0.2, 0.25) is 10.0 Å². The molecule has 8 nitrogen and oxygen atoms in total. The number of rotatable bonds is 8. The number of hydrogen-bond acceptors (Lipinski definition) is 6. The highest BCUT2D eigenvalue weighted by atomic mass is 35.5. The van der Waals surface area contributed by atoms with Gasteiger partial charge in [-0.05, 0) is 19.9 Å². The van der Waals surface area contributed by atoms with Crippen molar-refractivity contribution < 1.29 is 32.2 Å². The van der Waals surface area contributed by atoms with Crippen LogP contribution in [0, 0.1) is 0 Å². The molecule has 1 heterocycles. The molecule has 0 aliphatic rings. The fourth-order valence-corrected chi connectivity index (χ4v) is 3.22. The fraction of sp³-hybridized carbons (Fsp3) is 0.350. The number of benzene rings is 1. The summed E-state index contributed by atoms with van der Waals surface area (Å²) in [6.07, 6.45) is -3.83. The number of esters is 1. The van der Waals surface area contributed by atoms with Gasteiger partial charge in [0.05, 0.1) is 35.0 Å². The second-order valence-corrected chi connectivity index (χ2v) is 7.18. The van der Waals surface area contributed by atoms with Gasteiger partial charge in [-0.2, -0.15) is 13.2 Å². The average molecular weight is 511 g/mol. The third-order valence-electron chi connectivity index (χ3n) is 4.12. The summed E-state index contributed by atoms with van der Waals surface area (Å²) in [5.41, 5.74) is -4.19. The maximum atomic E-state index is 13.1. The van der Waals surface area contributed by atoms with Crippen LogP contribution >= 0.6 is 23.2 Å². The predicted octanol–water partition coefficient (Wildman–Crippen LogP) is 3.72. The third kappa shape index (κ3) is 6.32. The Bertz CT molecular complexity index is 1190. The minimum absolute atomic E-state index is 0.0208. The van der Waals surface area contributed by atoms with Gasteiger partial charge in [0.15, 0.2) is 0 Å². The molecule has 2 rings (SSSR count). The molecule has 0 fully saturated rings. The maximum absolute atomic E-state index is 13.1. The first-order chi connectivity index (χ1) is 15.4. The number of carbonyl (C=O) groups is 1. The van der Waals surface area contributed by atoms with E-state index in [1.807, 2.05) is 0 Å². The van der Waals surface area contributed by atoms with Crippen molar-refractivity contribution in [1.82, 2.24) is 9.13 Å². The van der Waals surface area contributed by atoms with Crippen molar-refractivity contribution in [3.05, 3.63) is 66.6 Å². The van der Waals surface area contributed by atoms with Gasteiger partial charge >= 0.3 is 17.8 Å². The van der Waals surface area contributed by atoms with Gasteiger partial charge < -0.3 is 14.2 Å². The van der Waals surface area contributed by atoms with Crippen LogP contribution in [0.3, 0.4) is 0 Å². The topological polar surface area (TPSA) is 88.8 Å². The molecule has 0 spiro atoms. The Labute approximate surface area is 195 Å². The van der Waals surface area contributed by atoms with Gasteiger partial charge in [0.1, 0.15) is 23.8 Å². The lowest BCUT2D eigenvalue weighted by Crippen LogP contribution is -2.40. The van der Waals surface area contributed by atoms with Crippen LogP contribution in [0.1, 0.15) is 19.5 Å². The van der Waals surface area contributed by atoms with E-state index in [-0.39, 0.29) is 57.7 Å². The van der Waals surface area contributed by atoms with E-state index in [0.717, 1.165) is 25.3 Å². The number of halogens is 5. The van der Waals surface area contributed by atoms with Gasteiger partial charge in [-0.15, -0.1) is 0 Å².